The van der Waals surface area contributed by atoms with Crippen molar-refractivity contribution in [1.29, 1.82) is 0 Å². The molecule has 0 fully saturated rings. The Morgan fingerprint density at radius 3 is 3.00 bits per heavy atom. The summed E-state index contributed by atoms with van der Waals surface area (Å²) in [7, 11) is 0. The lowest BCUT2D eigenvalue weighted by atomic mass is 10.0. The van der Waals surface area contributed by atoms with Gasteiger partial charge in [-0.3, -0.25) is 0 Å². The van der Waals surface area contributed by atoms with Crippen LogP contribution in [0.2, 0.25) is 10.4 Å². The third-order valence-electron chi connectivity index (χ3n) is 2.44. The number of hydrogen-bond acceptors (Lipinski definition) is 3. The SMILES string of the molecule is Clc1nc(Cl)c2c3c(oc2n1)C=CCC3. The number of furan rings is 1. The van der Waals surface area contributed by atoms with Crippen molar-refractivity contribution in [3.63, 3.8) is 0 Å². The van der Waals surface area contributed by atoms with Gasteiger partial charge in [-0.25, -0.2) is 4.98 Å². The minimum Gasteiger partial charge on any atom is -0.438 e. The standard InChI is InChI=1S/C10H6Cl2N2O/c11-8-7-5-3-1-2-4-6(5)15-9(7)14-10(12)13-8/h2,4H,1,3H2. The van der Waals surface area contributed by atoms with Gasteiger partial charge in [0, 0.05) is 5.56 Å². The fourth-order valence-corrected chi connectivity index (χ4v) is 2.29. The molecule has 0 spiro atoms. The lowest BCUT2D eigenvalue weighted by Gasteiger charge is -2.02. The fourth-order valence-electron chi connectivity index (χ4n) is 1.81. The molecule has 2 aromatic rings. The van der Waals surface area contributed by atoms with Crippen molar-refractivity contribution in [3.8, 4) is 0 Å². The van der Waals surface area contributed by atoms with E-state index in [1.165, 1.54) is 0 Å². The molecular formula is C10H6Cl2N2O. The average Bonchev–Trinajstić information content (AvgIpc) is 2.54. The van der Waals surface area contributed by atoms with Crippen LogP contribution < -0.4 is 0 Å². The lowest BCUT2D eigenvalue weighted by Crippen LogP contribution is -1.91. The van der Waals surface area contributed by atoms with E-state index in [-0.39, 0.29) is 5.28 Å². The van der Waals surface area contributed by atoms with Crippen LogP contribution in [0.15, 0.2) is 10.5 Å². The number of aryl methyl sites for hydroxylation is 1. The number of halogens is 2. The second kappa shape index (κ2) is 3.22. The van der Waals surface area contributed by atoms with E-state index in [4.69, 9.17) is 27.6 Å². The van der Waals surface area contributed by atoms with Gasteiger partial charge in [-0.1, -0.05) is 17.7 Å². The molecule has 5 heteroatoms. The molecule has 0 aromatic carbocycles. The largest absolute Gasteiger partial charge is 0.438 e. The Labute approximate surface area is 95.7 Å². The molecule has 2 aromatic heterocycles. The minimum absolute atomic E-state index is 0.113. The molecule has 0 aliphatic heterocycles. The Morgan fingerprint density at radius 1 is 1.27 bits per heavy atom. The Balaban J connectivity index is 2.43. The molecule has 0 saturated heterocycles. The summed E-state index contributed by atoms with van der Waals surface area (Å²) in [5.41, 5.74) is 1.55. The first kappa shape index (κ1) is 9.19. The quantitative estimate of drug-likeness (QED) is 0.523. The van der Waals surface area contributed by atoms with Crippen LogP contribution in [0, 0.1) is 0 Å². The van der Waals surface area contributed by atoms with Gasteiger partial charge in [-0.05, 0) is 30.5 Å². The zero-order valence-corrected chi connectivity index (χ0v) is 9.14. The van der Waals surface area contributed by atoms with Gasteiger partial charge in [0.2, 0.25) is 11.0 Å². The third kappa shape index (κ3) is 1.34. The Hall–Kier alpha value is -1.06. The number of rotatable bonds is 0. The average molecular weight is 241 g/mol. The van der Waals surface area contributed by atoms with Gasteiger partial charge in [-0.15, -0.1) is 0 Å². The zero-order chi connectivity index (χ0) is 10.4. The minimum atomic E-state index is 0.113. The van der Waals surface area contributed by atoms with Gasteiger partial charge < -0.3 is 4.42 Å². The number of hydrogen-bond donors (Lipinski definition) is 0. The van der Waals surface area contributed by atoms with E-state index in [9.17, 15) is 0 Å². The molecule has 1 aliphatic rings. The van der Waals surface area contributed by atoms with Gasteiger partial charge in [0.05, 0.1) is 5.39 Å². The molecule has 3 rings (SSSR count). The van der Waals surface area contributed by atoms with E-state index in [2.05, 4.69) is 16.0 Å². The predicted molar refractivity (Wildman–Crippen MR) is 59.2 cm³/mol. The summed E-state index contributed by atoms with van der Waals surface area (Å²) in [4.78, 5) is 7.93. The maximum absolute atomic E-state index is 6.02. The van der Waals surface area contributed by atoms with Gasteiger partial charge in [0.15, 0.2) is 0 Å². The highest BCUT2D eigenvalue weighted by Crippen LogP contribution is 2.34. The van der Waals surface area contributed by atoms with Crippen LogP contribution in [0.4, 0.5) is 0 Å². The molecule has 0 N–H and O–H groups in total. The van der Waals surface area contributed by atoms with Crippen molar-refractivity contribution in [2.45, 2.75) is 12.8 Å². The fraction of sp³-hybridized carbons (Fsp3) is 0.200. The summed E-state index contributed by atoms with van der Waals surface area (Å²) < 4.78 is 5.55. The maximum Gasteiger partial charge on any atom is 0.232 e. The van der Waals surface area contributed by atoms with Crippen molar-refractivity contribution in [3.05, 3.63) is 27.8 Å². The van der Waals surface area contributed by atoms with Crippen molar-refractivity contribution >= 4 is 40.4 Å². The summed E-state index contributed by atoms with van der Waals surface area (Å²) in [6, 6.07) is 0. The van der Waals surface area contributed by atoms with Crippen LogP contribution in [0.5, 0.6) is 0 Å². The Bertz CT molecular complexity index is 574. The van der Waals surface area contributed by atoms with Crippen LogP contribution in [-0.2, 0) is 6.42 Å². The van der Waals surface area contributed by atoms with Crippen LogP contribution in [0.25, 0.3) is 17.2 Å². The molecule has 0 bridgehead atoms. The number of nitrogens with zero attached hydrogens (tertiary/aromatic N) is 2. The summed E-state index contributed by atoms with van der Waals surface area (Å²) in [5, 5.41) is 1.27. The van der Waals surface area contributed by atoms with Crippen LogP contribution in [0.1, 0.15) is 17.7 Å². The molecule has 0 amide bonds. The van der Waals surface area contributed by atoms with Gasteiger partial charge in [0.1, 0.15) is 10.9 Å². The second-order valence-electron chi connectivity index (χ2n) is 3.35. The van der Waals surface area contributed by atoms with Crippen molar-refractivity contribution in [2.75, 3.05) is 0 Å². The maximum atomic E-state index is 6.02. The monoisotopic (exact) mass is 240 g/mol. The molecular weight excluding hydrogens is 235 g/mol. The summed E-state index contributed by atoms with van der Waals surface area (Å²) in [6.45, 7) is 0. The van der Waals surface area contributed by atoms with E-state index in [0.717, 1.165) is 29.6 Å². The highest BCUT2D eigenvalue weighted by molar-refractivity contribution is 6.35. The van der Waals surface area contributed by atoms with Crippen LogP contribution in [0.3, 0.4) is 0 Å². The normalized spacial score (nSPS) is 14.5. The highest BCUT2D eigenvalue weighted by atomic mass is 35.5. The zero-order valence-electron chi connectivity index (χ0n) is 7.63. The molecule has 0 radical (unpaired) electrons. The molecule has 2 heterocycles. The molecule has 76 valence electrons. The van der Waals surface area contributed by atoms with Gasteiger partial charge in [0.25, 0.3) is 0 Å². The van der Waals surface area contributed by atoms with E-state index < -0.39 is 0 Å². The van der Waals surface area contributed by atoms with Crippen molar-refractivity contribution in [1.82, 2.24) is 9.97 Å². The number of allylic oxidation sites excluding steroid dienone is 1. The Morgan fingerprint density at radius 2 is 2.13 bits per heavy atom. The second-order valence-corrected chi connectivity index (χ2v) is 4.05. The number of aromatic nitrogens is 2. The van der Waals surface area contributed by atoms with E-state index in [1.54, 1.807) is 0 Å². The van der Waals surface area contributed by atoms with E-state index in [0.29, 0.717) is 10.9 Å². The molecule has 0 saturated carbocycles. The Kier molecular flexibility index (Phi) is 1.97. The molecule has 0 atom stereocenters. The van der Waals surface area contributed by atoms with Crippen LogP contribution in [-0.4, -0.2) is 9.97 Å². The van der Waals surface area contributed by atoms with Crippen molar-refractivity contribution in [2.24, 2.45) is 0 Å². The van der Waals surface area contributed by atoms with E-state index in [1.807, 2.05) is 6.08 Å². The summed E-state index contributed by atoms with van der Waals surface area (Å²) >= 11 is 11.7. The summed E-state index contributed by atoms with van der Waals surface area (Å²) in [6.07, 6.45) is 5.89. The first-order chi connectivity index (χ1) is 7.25. The molecule has 1 aliphatic carbocycles. The topological polar surface area (TPSA) is 38.9 Å². The van der Waals surface area contributed by atoms with Crippen molar-refractivity contribution < 1.29 is 4.42 Å². The van der Waals surface area contributed by atoms with E-state index >= 15 is 0 Å². The third-order valence-corrected chi connectivity index (χ3v) is 2.88. The van der Waals surface area contributed by atoms with Crippen LogP contribution >= 0.6 is 23.2 Å². The molecule has 0 unspecified atom stereocenters. The highest BCUT2D eigenvalue weighted by Gasteiger charge is 2.19. The first-order valence-electron chi connectivity index (χ1n) is 4.56. The molecule has 15 heavy (non-hydrogen) atoms. The first-order valence-corrected chi connectivity index (χ1v) is 5.32. The number of fused-ring (bicyclic) bond motifs is 3. The lowest BCUT2D eigenvalue weighted by molar-refractivity contribution is 0.583. The smallest absolute Gasteiger partial charge is 0.232 e. The van der Waals surface area contributed by atoms with Gasteiger partial charge in [-0.2, -0.15) is 4.98 Å². The molecule has 3 nitrogen and oxygen atoms in total. The predicted octanol–water partition coefficient (Wildman–Crippen LogP) is 3.49. The summed E-state index contributed by atoms with van der Waals surface area (Å²) in [5.74, 6) is 0.815. The van der Waals surface area contributed by atoms with Gasteiger partial charge >= 0.3 is 0 Å².